The second-order valence-corrected chi connectivity index (χ2v) is 6.02. The molecule has 0 aliphatic carbocycles. The van der Waals surface area contributed by atoms with E-state index in [0.29, 0.717) is 10.9 Å². The van der Waals surface area contributed by atoms with Gasteiger partial charge in [-0.25, -0.2) is 9.48 Å². The Labute approximate surface area is 158 Å². The molecule has 6 nitrogen and oxygen atoms in total. The average Bonchev–Trinajstić information content (AvgIpc) is 3.00. The number of carboxylic acids is 1. The van der Waals surface area contributed by atoms with E-state index in [9.17, 15) is 22.8 Å². The van der Waals surface area contributed by atoms with Crippen molar-refractivity contribution >= 4 is 52.4 Å². The predicted octanol–water partition coefficient (Wildman–Crippen LogP) is 4.41. The SMILES string of the molecule is O=C(Nc1ccc(-n2ncc(C(=O)O)c2C(F)(F)F)cc1)C(Cl)=C(Cl)Cl. The quantitative estimate of drug-likeness (QED) is 0.707. The third-order valence-corrected chi connectivity index (χ3v) is 3.94. The number of nitrogens with one attached hydrogen (secondary N) is 1. The number of aromatic nitrogens is 2. The van der Waals surface area contributed by atoms with E-state index >= 15 is 0 Å². The molecule has 0 radical (unpaired) electrons. The van der Waals surface area contributed by atoms with Gasteiger partial charge in [-0.3, -0.25) is 4.79 Å². The smallest absolute Gasteiger partial charge is 0.434 e. The first-order valence-corrected chi connectivity index (χ1v) is 7.67. The molecule has 0 atom stereocenters. The summed E-state index contributed by atoms with van der Waals surface area (Å²) in [6.45, 7) is 0. The van der Waals surface area contributed by atoms with Crippen LogP contribution in [0.25, 0.3) is 5.69 Å². The van der Waals surface area contributed by atoms with Crippen molar-refractivity contribution in [2.75, 3.05) is 5.32 Å². The number of hydrogen-bond donors (Lipinski definition) is 2. The lowest BCUT2D eigenvalue weighted by Gasteiger charge is -2.12. The molecule has 0 aliphatic heterocycles. The zero-order valence-electron chi connectivity index (χ0n) is 12.3. The summed E-state index contributed by atoms with van der Waals surface area (Å²) >= 11 is 16.3. The average molecular weight is 429 g/mol. The number of carbonyl (C=O) groups excluding carboxylic acids is 1. The van der Waals surface area contributed by atoms with Crippen LogP contribution in [-0.2, 0) is 11.0 Å². The van der Waals surface area contributed by atoms with Crippen LogP contribution in [-0.4, -0.2) is 26.8 Å². The Morgan fingerprint density at radius 1 is 1.12 bits per heavy atom. The molecule has 0 unspecified atom stereocenters. The third-order valence-electron chi connectivity index (χ3n) is 3.00. The van der Waals surface area contributed by atoms with Gasteiger partial charge in [0.05, 0.1) is 11.9 Å². The molecule has 0 bridgehead atoms. The van der Waals surface area contributed by atoms with Crippen LogP contribution in [0.4, 0.5) is 18.9 Å². The van der Waals surface area contributed by atoms with E-state index in [1.807, 2.05) is 0 Å². The van der Waals surface area contributed by atoms with Gasteiger partial charge >= 0.3 is 12.1 Å². The zero-order chi connectivity index (χ0) is 19.6. The molecule has 2 rings (SSSR count). The minimum Gasteiger partial charge on any atom is -0.478 e. The molecule has 0 aliphatic rings. The van der Waals surface area contributed by atoms with Gasteiger partial charge in [-0.1, -0.05) is 34.8 Å². The Balaban J connectivity index is 2.37. The van der Waals surface area contributed by atoms with Gasteiger partial charge in [0.1, 0.15) is 15.1 Å². The highest BCUT2D eigenvalue weighted by molar-refractivity contribution is 6.63. The summed E-state index contributed by atoms with van der Waals surface area (Å²) in [6.07, 6.45) is -4.33. The molecule has 0 spiro atoms. The summed E-state index contributed by atoms with van der Waals surface area (Å²) in [5.41, 5.74) is -2.30. The molecule has 0 fully saturated rings. The molecule has 1 amide bonds. The zero-order valence-corrected chi connectivity index (χ0v) is 14.6. The molecular formula is C14H7Cl3F3N3O3. The maximum Gasteiger partial charge on any atom is 0.434 e. The molecule has 0 saturated heterocycles. The number of nitrogens with zero attached hydrogens (tertiary/aromatic N) is 2. The van der Waals surface area contributed by atoms with Crippen LogP contribution in [0, 0.1) is 0 Å². The number of anilines is 1. The summed E-state index contributed by atoms with van der Waals surface area (Å²) < 4.78 is 39.5. The van der Waals surface area contributed by atoms with Crippen LogP contribution < -0.4 is 5.32 Å². The molecule has 1 aromatic carbocycles. The standard InChI is InChI=1S/C14H7Cl3F3N3O3/c15-9(11(16)17)12(24)22-6-1-3-7(4-2-6)23-10(14(18,19)20)8(5-21-23)13(25)26/h1-5H,(H,22,24)(H,25,26). The highest BCUT2D eigenvalue weighted by atomic mass is 35.5. The van der Waals surface area contributed by atoms with Crippen molar-refractivity contribution in [1.82, 2.24) is 9.78 Å². The van der Waals surface area contributed by atoms with Crippen molar-refractivity contribution in [3.63, 3.8) is 0 Å². The Morgan fingerprint density at radius 3 is 2.15 bits per heavy atom. The summed E-state index contributed by atoms with van der Waals surface area (Å²) in [5, 5.41) is 14.2. The maximum atomic E-state index is 13.2. The first-order chi connectivity index (χ1) is 12.0. The number of carboxylic acid groups (broad SMARTS) is 1. The fourth-order valence-electron chi connectivity index (χ4n) is 1.93. The van der Waals surface area contributed by atoms with Crippen molar-refractivity contribution in [3.05, 3.63) is 51.2 Å². The van der Waals surface area contributed by atoms with Crippen molar-refractivity contribution in [1.29, 1.82) is 0 Å². The topological polar surface area (TPSA) is 84.2 Å². The third kappa shape index (κ3) is 4.29. The molecule has 26 heavy (non-hydrogen) atoms. The van der Waals surface area contributed by atoms with Gasteiger partial charge in [0, 0.05) is 5.69 Å². The minimum atomic E-state index is -4.94. The van der Waals surface area contributed by atoms with Gasteiger partial charge in [-0.05, 0) is 24.3 Å². The normalized spacial score (nSPS) is 11.2. The molecule has 138 valence electrons. The number of hydrogen-bond acceptors (Lipinski definition) is 3. The maximum absolute atomic E-state index is 13.2. The van der Waals surface area contributed by atoms with Crippen molar-refractivity contribution in [2.24, 2.45) is 0 Å². The van der Waals surface area contributed by atoms with E-state index in [1.165, 1.54) is 24.3 Å². The van der Waals surface area contributed by atoms with Gasteiger partial charge in [0.2, 0.25) is 0 Å². The van der Waals surface area contributed by atoms with Gasteiger partial charge in [0.15, 0.2) is 5.69 Å². The lowest BCUT2D eigenvalue weighted by Crippen LogP contribution is -2.17. The fourth-order valence-corrected chi connectivity index (χ4v) is 2.15. The lowest BCUT2D eigenvalue weighted by molar-refractivity contribution is -0.143. The molecular weight excluding hydrogens is 422 g/mol. The summed E-state index contributed by atoms with van der Waals surface area (Å²) in [5.74, 6) is -2.57. The minimum absolute atomic E-state index is 0.0696. The second kappa shape index (κ2) is 7.56. The van der Waals surface area contributed by atoms with Crippen molar-refractivity contribution in [2.45, 2.75) is 6.18 Å². The molecule has 2 N–H and O–H groups in total. The summed E-state index contributed by atoms with van der Waals surface area (Å²) in [6, 6.07) is 4.93. The van der Waals surface area contributed by atoms with Gasteiger partial charge < -0.3 is 10.4 Å². The van der Waals surface area contributed by atoms with Crippen LogP contribution in [0.5, 0.6) is 0 Å². The Morgan fingerprint density at radius 2 is 1.69 bits per heavy atom. The van der Waals surface area contributed by atoms with Gasteiger partial charge in [-0.15, -0.1) is 0 Å². The first kappa shape index (κ1) is 20.1. The summed E-state index contributed by atoms with van der Waals surface area (Å²) in [4.78, 5) is 22.6. The number of halogens is 6. The van der Waals surface area contributed by atoms with E-state index in [0.717, 1.165) is 0 Å². The Hall–Kier alpha value is -2.23. The fraction of sp³-hybridized carbons (Fsp3) is 0.0714. The molecule has 1 aromatic heterocycles. The Bertz CT molecular complexity index is 888. The van der Waals surface area contributed by atoms with Crippen LogP contribution in [0.3, 0.4) is 0 Å². The molecule has 2 aromatic rings. The molecule has 1 heterocycles. The monoisotopic (exact) mass is 427 g/mol. The lowest BCUT2D eigenvalue weighted by atomic mass is 10.2. The summed E-state index contributed by atoms with van der Waals surface area (Å²) in [7, 11) is 0. The van der Waals surface area contributed by atoms with Crippen LogP contribution in [0.2, 0.25) is 0 Å². The van der Waals surface area contributed by atoms with Crippen LogP contribution >= 0.6 is 34.8 Å². The molecule has 12 heteroatoms. The predicted molar refractivity (Wildman–Crippen MR) is 88.7 cm³/mol. The van der Waals surface area contributed by atoms with E-state index in [1.54, 1.807) is 0 Å². The van der Waals surface area contributed by atoms with Gasteiger partial charge in [0.25, 0.3) is 5.91 Å². The first-order valence-electron chi connectivity index (χ1n) is 6.53. The number of rotatable bonds is 4. The number of benzene rings is 1. The van der Waals surface area contributed by atoms with E-state index in [2.05, 4.69) is 10.4 Å². The van der Waals surface area contributed by atoms with Crippen LogP contribution in [0.15, 0.2) is 40.0 Å². The Kier molecular flexibility index (Phi) is 5.84. The number of amides is 1. The van der Waals surface area contributed by atoms with E-state index in [4.69, 9.17) is 39.9 Å². The van der Waals surface area contributed by atoms with Crippen molar-refractivity contribution < 1.29 is 27.9 Å². The number of alkyl halides is 3. The number of aromatic carboxylic acids is 1. The van der Waals surface area contributed by atoms with E-state index < -0.39 is 38.8 Å². The number of carbonyl (C=O) groups is 2. The van der Waals surface area contributed by atoms with Gasteiger partial charge in [-0.2, -0.15) is 18.3 Å². The van der Waals surface area contributed by atoms with Crippen LogP contribution in [0.1, 0.15) is 16.1 Å². The van der Waals surface area contributed by atoms with E-state index in [-0.39, 0.29) is 11.4 Å². The second-order valence-electron chi connectivity index (χ2n) is 4.70. The van der Waals surface area contributed by atoms with Crippen molar-refractivity contribution in [3.8, 4) is 5.69 Å². The molecule has 0 saturated carbocycles. The highest BCUT2D eigenvalue weighted by Crippen LogP contribution is 2.33. The largest absolute Gasteiger partial charge is 0.478 e. The highest BCUT2D eigenvalue weighted by Gasteiger charge is 2.40.